The van der Waals surface area contributed by atoms with Gasteiger partial charge in [0.25, 0.3) is 0 Å². The summed E-state index contributed by atoms with van der Waals surface area (Å²) >= 11 is 0. The number of carbonyl (C=O) groups is 1. The van der Waals surface area contributed by atoms with Crippen molar-refractivity contribution in [2.75, 3.05) is 6.61 Å². The first-order valence-corrected chi connectivity index (χ1v) is 4.83. The molecule has 88 valence electrons. The van der Waals surface area contributed by atoms with Crippen LogP contribution in [-0.4, -0.2) is 17.5 Å². The van der Waals surface area contributed by atoms with Gasteiger partial charge in [0.15, 0.2) is 12.4 Å². The van der Waals surface area contributed by atoms with Crippen molar-refractivity contribution in [3.05, 3.63) is 42.2 Å². The van der Waals surface area contributed by atoms with Crippen LogP contribution >= 0.6 is 12.4 Å². The number of ketones is 1. The highest BCUT2D eigenvalue weighted by molar-refractivity contribution is 5.97. The predicted molar refractivity (Wildman–Crippen MR) is 65.1 cm³/mol. The Bertz CT molecular complexity index is 344. The summed E-state index contributed by atoms with van der Waals surface area (Å²) in [6.07, 6.45) is 4.25. The van der Waals surface area contributed by atoms with Crippen molar-refractivity contribution in [3.63, 3.8) is 0 Å². The van der Waals surface area contributed by atoms with Gasteiger partial charge >= 0.3 is 0 Å². The molecule has 1 N–H and O–H groups in total. The molecule has 3 nitrogen and oxygen atoms in total. The molecule has 1 aromatic carbocycles. The number of rotatable bonds is 5. The predicted octanol–water partition coefficient (Wildman–Crippen LogP) is 2.94. The van der Waals surface area contributed by atoms with E-state index in [1.54, 1.807) is 12.1 Å². The van der Waals surface area contributed by atoms with Crippen LogP contribution in [0.25, 0.3) is 0 Å². The topological polar surface area (TPSA) is 46.5 Å². The first-order chi connectivity index (χ1) is 7.24. The van der Waals surface area contributed by atoms with Gasteiger partial charge in [-0.25, -0.2) is 0 Å². The van der Waals surface area contributed by atoms with E-state index in [1.807, 2.05) is 13.0 Å². The maximum atomic E-state index is 11.5. The maximum Gasteiger partial charge on any atom is 0.200 e. The summed E-state index contributed by atoms with van der Waals surface area (Å²) in [6, 6.07) is 6.11. The Kier molecular flexibility index (Phi) is 7.05. The second kappa shape index (κ2) is 7.77. The molecule has 0 aliphatic rings. The molecule has 1 aromatic rings. The number of hydrogen-bond donors (Lipinski definition) is 1. The average Bonchev–Trinajstić information content (AvgIpc) is 2.25. The highest BCUT2D eigenvalue weighted by Gasteiger charge is 2.04. The molecule has 0 bridgehead atoms. The molecular formula is C12H15ClO3. The third-order valence-corrected chi connectivity index (χ3v) is 1.83. The summed E-state index contributed by atoms with van der Waals surface area (Å²) in [6.45, 7) is 2.02. The highest BCUT2D eigenvalue weighted by Crippen LogP contribution is 2.10. The maximum absolute atomic E-state index is 11.5. The fourth-order valence-electron chi connectivity index (χ4n) is 1.02. The molecule has 0 heterocycles. The molecule has 0 fully saturated rings. The van der Waals surface area contributed by atoms with Gasteiger partial charge in [-0.2, -0.15) is 0 Å². The van der Waals surface area contributed by atoms with Gasteiger partial charge in [-0.15, -0.1) is 12.4 Å². The monoisotopic (exact) mass is 242 g/mol. The van der Waals surface area contributed by atoms with Gasteiger partial charge in [-0.05, 0) is 30.7 Å². The summed E-state index contributed by atoms with van der Waals surface area (Å²) in [5, 5.41) is 9.03. The van der Waals surface area contributed by atoms with Crippen molar-refractivity contribution in [1.29, 1.82) is 0 Å². The van der Waals surface area contributed by atoms with E-state index in [0.717, 1.165) is 6.42 Å². The average molecular weight is 243 g/mol. The zero-order valence-electron chi connectivity index (χ0n) is 9.05. The Morgan fingerprint density at radius 1 is 1.38 bits per heavy atom. The van der Waals surface area contributed by atoms with Crippen LogP contribution in [0.15, 0.2) is 36.6 Å². The molecule has 0 unspecified atom stereocenters. The van der Waals surface area contributed by atoms with Gasteiger partial charge < -0.3 is 9.84 Å². The molecular weight excluding hydrogens is 228 g/mol. The van der Waals surface area contributed by atoms with Gasteiger partial charge in [-0.3, -0.25) is 4.79 Å². The van der Waals surface area contributed by atoms with E-state index < -0.39 is 0 Å². The lowest BCUT2D eigenvalue weighted by molar-refractivity contribution is 0.0886. The summed E-state index contributed by atoms with van der Waals surface area (Å²) in [5.41, 5.74) is 0.540. The second-order valence-corrected chi connectivity index (χ2v) is 3.06. The zero-order chi connectivity index (χ0) is 11.1. The molecule has 0 amide bonds. The lowest BCUT2D eigenvalue weighted by Crippen LogP contribution is -2.05. The van der Waals surface area contributed by atoms with E-state index in [-0.39, 0.29) is 30.5 Å². The number of hydrogen-bond acceptors (Lipinski definition) is 3. The van der Waals surface area contributed by atoms with E-state index in [9.17, 15) is 4.79 Å². The number of phenols is 1. The third-order valence-electron chi connectivity index (χ3n) is 1.83. The Balaban J connectivity index is 0.00000225. The van der Waals surface area contributed by atoms with E-state index in [0.29, 0.717) is 5.56 Å². The van der Waals surface area contributed by atoms with E-state index in [4.69, 9.17) is 9.84 Å². The van der Waals surface area contributed by atoms with Crippen LogP contribution in [0.4, 0.5) is 0 Å². The number of halogens is 1. The molecule has 0 spiro atoms. The molecule has 0 radical (unpaired) electrons. The minimum atomic E-state index is -0.101. The van der Waals surface area contributed by atoms with Crippen LogP contribution in [0.3, 0.4) is 0 Å². The lowest BCUT2D eigenvalue weighted by Gasteiger charge is -2.00. The molecule has 4 heteroatoms. The van der Waals surface area contributed by atoms with E-state index >= 15 is 0 Å². The number of Topliss-reactive ketones (excluding diaryl/α,β-unsaturated/α-hetero) is 1. The summed E-state index contributed by atoms with van der Waals surface area (Å²) in [5.74, 6) is 0.0501. The van der Waals surface area contributed by atoms with Gasteiger partial charge in [-0.1, -0.05) is 13.0 Å². The van der Waals surface area contributed by atoms with Crippen molar-refractivity contribution in [2.24, 2.45) is 0 Å². The molecule has 1 rings (SSSR count). The number of ether oxygens (including phenoxy) is 1. The Labute approximate surface area is 101 Å². The fourth-order valence-corrected chi connectivity index (χ4v) is 1.02. The Morgan fingerprint density at radius 3 is 2.56 bits per heavy atom. The van der Waals surface area contributed by atoms with Gasteiger partial charge in [0, 0.05) is 5.56 Å². The molecule has 0 aliphatic carbocycles. The van der Waals surface area contributed by atoms with Crippen molar-refractivity contribution in [1.82, 2.24) is 0 Å². The van der Waals surface area contributed by atoms with Crippen molar-refractivity contribution >= 4 is 18.2 Å². The molecule has 16 heavy (non-hydrogen) atoms. The second-order valence-electron chi connectivity index (χ2n) is 3.06. The van der Waals surface area contributed by atoms with Crippen LogP contribution in [0, 0.1) is 0 Å². The van der Waals surface area contributed by atoms with Crippen LogP contribution in [0.1, 0.15) is 23.7 Å². The highest BCUT2D eigenvalue weighted by atomic mass is 35.5. The zero-order valence-corrected chi connectivity index (χ0v) is 9.87. The lowest BCUT2D eigenvalue weighted by atomic mass is 10.1. The van der Waals surface area contributed by atoms with Gasteiger partial charge in [0.05, 0.1) is 6.26 Å². The van der Waals surface area contributed by atoms with Crippen LogP contribution in [0.2, 0.25) is 0 Å². The quantitative estimate of drug-likeness (QED) is 0.638. The Hall–Kier alpha value is -1.48. The molecule has 0 atom stereocenters. The SMILES string of the molecule is CCC=COCC(=O)c1ccc(O)cc1.Cl. The summed E-state index contributed by atoms with van der Waals surface area (Å²) < 4.78 is 5.03. The smallest absolute Gasteiger partial charge is 0.200 e. The normalized spacial score (nSPS) is 9.81. The number of aromatic hydroxyl groups is 1. The summed E-state index contributed by atoms with van der Waals surface area (Å²) in [7, 11) is 0. The van der Waals surface area contributed by atoms with Crippen LogP contribution in [-0.2, 0) is 4.74 Å². The molecule has 0 saturated carbocycles. The molecule has 0 aliphatic heterocycles. The number of phenolic OH excluding ortho intramolecular Hbond substituents is 1. The largest absolute Gasteiger partial charge is 0.508 e. The molecule has 0 saturated heterocycles. The minimum Gasteiger partial charge on any atom is -0.508 e. The standard InChI is InChI=1S/C12H14O3.ClH/c1-2-3-8-15-9-12(14)10-4-6-11(13)7-5-10;/h3-8,13H,2,9H2,1H3;1H. The number of allylic oxidation sites excluding steroid dienone is 1. The number of carbonyl (C=O) groups excluding carboxylic acids is 1. The number of benzene rings is 1. The summed E-state index contributed by atoms with van der Waals surface area (Å²) in [4.78, 5) is 11.5. The minimum absolute atomic E-state index is 0. The third kappa shape index (κ3) is 4.84. The van der Waals surface area contributed by atoms with Crippen molar-refractivity contribution in [3.8, 4) is 5.75 Å². The van der Waals surface area contributed by atoms with Crippen LogP contribution < -0.4 is 0 Å². The van der Waals surface area contributed by atoms with Gasteiger partial charge in [0.2, 0.25) is 0 Å². The van der Waals surface area contributed by atoms with Crippen LogP contribution in [0.5, 0.6) is 5.75 Å². The Morgan fingerprint density at radius 2 is 2.00 bits per heavy atom. The van der Waals surface area contributed by atoms with E-state index in [1.165, 1.54) is 18.4 Å². The van der Waals surface area contributed by atoms with E-state index in [2.05, 4.69) is 0 Å². The van der Waals surface area contributed by atoms with Crippen molar-refractivity contribution in [2.45, 2.75) is 13.3 Å². The molecule has 0 aromatic heterocycles. The fraction of sp³-hybridized carbons (Fsp3) is 0.250. The first-order valence-electron chi connectivity index (χ1n) is 4.83. The van der Waals surface area contributed by atoms with Crippen molar-refractivity contribution < 1.29 is 14.6 Å². The first kappa shape index (κ1) is 14.5. The van der Waals surface area contributed by atoms with Gasteiger partial charge in [0.1, 0.15) is 5.75 Å².